The molecule has 0 aliphatic carbocycles. The Morgan fingerprint density at radius 3 is 2.59 bits per heavy atom. The molecule has 2 saturated heterocycles. The van der Waals surface area contributed by atoms with Gasteiger partial charge in [0.25, 0.3) is 0 Å². The van der Waals surface area contributed by atoms with Crippen LogP contribution in [0, 0.1) is 0 Å². The number of amides is 4. The fourth-order valence-electron chi connectivity index (χ4n) is 2.22. The highest BCUT2D eigenvalue weighted by Crippen LogP contribution is 2.26. The molecule has 2 heterocycles. The minimum Gasteiger partial charge on any atom is -0.481 e. The van der Waals surface area contributed by atoms with Crippen LogP contribution in [0.5, 0.6) is 0 Å². The van der Waals surface area contributed by atoms with Gasteiger partial charge in [0, 0.05) is 20.6 Å². The maximum absolute atomic E-state index is 11.7. The summed E-state index contributed by atoms with van der Waals surface area (Å²) in [5, 5.41) is 11.3. The Kier molecular flexibility index (Phi) is 2.56. The Hall–Kier alpha value is -1.99. The minimum absolute atomic E-state index is 0.0911. The molecule has 8 nitrogen and oxygen atoms in total. The lowest BCUT2D eigenvalue weighted by atomic mass is 10.3. The van der Waals surface area contributed by atoms with Crippen molar-refractivity contribution in [3.8, 4) is 0 Å². The quantitative estimate of drug-likeness (QED) is 0.673. The molecule has 2 aliphatic rings. The highest BCUT2D eigenvalue weighted by molar-refractivity contribution is 5.85. The van der Waals surface area contributed by atoms with Crippen molar-refractivity contribution in [3.05, 3.63) is 0 Å². The van der Waals surface area contributed by atoms with Crippen LogP contribution >= 0.6 is 0 Å². The van der Waals surface area contributed by atoms with E-state index in [1.807, 2.05) is 0 Å². The second-order valence-corrected chi connectivity index (χ2v) is 4.15. The van der Waals surface area contributed by atoms with Crippen LogP contribution in [0.1, 0.15) is 6.42 Å². The van der Waals surface area contributed by atoms with Crippen LogP contribution in [0.3, 0.4) is 0 Å². The van der Waals surface area contributed by atoms with Crippen molar-refractivity contribution in [2.45, 2.75) is 18.8 Å². The van der Waals surface area contributed by atoms with E-state index in [0.29, 0.717) is 0 Å². The van der Waals surface area contributed by atoms with Gasteiger partial charge in [0.15, 0.2) is 0 Å². The second kappa shape index (κ2) is 3.79. The average molecular weight is 242 g/mol. The molecule has 0 unspecified atom stereocenters. The first-order chi connectivity index (χ1) is 7.93. The third-order valence-electron chi connectivity index (χ3n) is 3.12. The Labute approximate surface area is 97.8 Å². The van der Waals surface area contributed by atoms with E-state index in [1.54, 1.807) is 14.1 Å². The highest BCUT2D eigenvalue weighted by atomic mass is 16.4. The summed E-state index contributed by atoms with van der Waals surface area (Å²) in [5.74, 6) is -0.971. The van der Waals surface area contributed by atoms with Gasteiger partial charge in [-0.05, 0) is 0 Å². The maximum atomic E-state index is 11.7. The van der Waals surface area contributed by atoms with E-state index in [4.69, 9.17) is 5.11 Å². The van der Waals surface area contributed by atoms with Gasteiger partial charge >= 0.3 is 18.0 Å². The average Bonchev–Trinajstić information content (AvgIpc) is 2.68. The van der Waals surface area contributed by atoms with Crippen LogP contribution in [-0.2, 0) is 4.79 Å². The number of hydrogen-bond acceptors (Lipinski definition) is 3. The first-order valence-corrected chi connectivity index (χ1v) is 5.22. The smallest absolute Gasteiger partial charge is 0.323 e. The van der Waals surface area contributed by atoms with Crippen LogP contribution in [0.2, 0.25) is 0 Å². The standard InChI is InChI=1S/C9H14N4O4/c1-11-6-7(12(2)9(11)17)13(8(16)10-6)4-3-5(14)15/h6-7H,3-4H2,1-2H3,(H,10,16)(H,14,15)/t6-,7+/m0/s1. The molecule has 2 N–H and O–H groups in total. The lowest BCUT2D eigenvalue weighted by Crippen LogP contribution is -2.45. The summed E-state index contributed by atoms with van der Waals surface area (Å²) in [6.07, 6.45) is -0.976. The number of fused-ring (bicyclic) bond motifs is 1. The normalized spacial score (nSPS) is 27.5. The second-order valence-electron chi connectivity index (χ2n) is 4.15. The lowest BCUT2D eigenvalue weighted by Gasteiger charge is -2.25. The van der Waals surface area contributed by atoms with E-state index in [1.165, 1.54) is 14.7 Å². The molecule has 0 aromatic rings. The summed E-state index contributed by atoms with van der Waals surface area (Å²) in [7, 11) is 3.20. The Morgan fingerprint density at radius 2 is 2.00 bits per heavy atom. The third kappa shape index (κ3) is 1.65. The maximum Gasteiger partial charge on any atom is 0.323 e. The molecule has 2 fully saturated rings. The predicted molar refractivity (Wildman–Crippen MR) is 56.0 cm³/mol. The molecule has 0 radical (unpaired) electrons. The molecule has 0 spiro atoms. The summed E-state index contributed by atoms with van der Waals surface area (Å²) in [6, 6.07) is -0.534. The number of carbonyl (C=O) groups is 3. The number of rotatable bonds is 3. The van der Waals surface area contributed by atoms with Gasteiger partial charge in [-0.1, -0.05) is 0 Å². The van der Waals surface area contributed by atoms with Crippen molar-refractivity contribution in [1.29, 1.82) is 0 Å². The SMILES string of the molecule is CN1C(=O)N(C)[C@H]2[C@H]1NC(=O)N2CCC(=O)O. The van der Waals surface area contributed by atoms with Gasteiger partial charge in [0.1, 0.15) is 12.3 Å². The van der Waals surface area contributed by atoms with E-state index < -0.39 is 18.3 Å². The highest BCUT2D eigenvalue weighted by Gasteiger charge is 2.52. The molecule has 0 aromatic carbocycles. The first-order valence-electron chi connectivity index (χ1n) is 5.22. The molecule has 0 bridgehead atoms. The van der Waals surface area contributed by atoms with Gasteiger partial charge in [-0.25, -0.2) is 9.59 Å². The Balaban J connectivity index is 2.15. The van der Waals surface area contributed by atoms with Crippen LogP contribution in [0.4, 0.5) is 9.59 Å². The molecule has 0 aromatic heterocycles. The fourth-order valence-corrected chi connectivity index (χ4v) is 2.22. The van der Waals surface area contributed by atoms with Gasteiger partial charge in [-0.2, -0.15) is 0 Å². The topological polar surface area (TPSA) is 93.2 Å². The van der Waals surface area contributed by atoms with Crippen LogP contribution in [-0.4, -0.2) is 70.8 Å². The molecule has 8 heteroatoms. The number of urea groups is 2. The largest absolute Gasteiger partial charge is 0.481 e. The molecule has 17 heavy (non-hydrogen) atoms. The van der Waals surface area contributed by atoms with Crippen molar-refractivity contribution in [1.82, 2.24) is 20.0 Å². The molecule has 94 valence electrons. The van der Waals surface area contributed by atoms with Crippen molar-refractivity contribution in [2.75, 3.05) is 20.6 Å². The first kappa shape index (κ1) is 11.5. The molecular formula is C9H14N4O4. The van der Waals surface area contributed by atoms with Crippen molar-refractivity contribution in [2.24, 2.45) is 0 Å². The summed E-state index contributed by atoms with van der Waals surface area (Å²) in [5.41, 5.74) is 0. The zero-order valence-corrected chi connectivity index (χ0v) is 9.58. The van der Waals surface area contributed by atoms with E-state index >= 15 is 0 Å². The van der Waals surface area contributed by atoms with Gasteiger partial charge < -0.3 is 20.2 Å². The zero-order valence-electron chi connectivity index (χ0n) is 9.58. The zero-order chi connectivity index (χ0) is 12.7. The summed E-state index contributed by atoms with van der Waals surface area (Å²) in [6.45, 7) is 0.0911. The number of hydrogen-bond donors (Lipinski definition) is 2. The van der Waals surface area contributed by atoms with E-state index in [-0.39, 0.29) is 25.0 Å². The number of carboxylic acid groups (broad SMARTS) is 1. The van der Waals surface area contributed by atoms with Gasteiger partial charge in [-0.15, -0.1) is 0 Å². The predicted octanol–water partition coefficient (Wildman–Crippen LogP) is -0.864. The molecular weight excluding hydrogens is 228 g/mol. The summed E-state index contributed by atoms with van der Waals surface area (Å²) >= 11 is 0. The van der Waals surface area contributed by atoms with Crippen molar-refractivity contribution < 1.29 is 19.5 Å². The number of nitrogens with zero attached hydrogens (tertiary/aromatic N) is 3. The van der Waals surface area contributed by atoms with Crippen LogP contribution < -0.4 is 5.32 Å². The third-order valence-corrected chi connectivity index (χ3v) is 3.12. The van der Waals surface area contributed by atoms with Gasteiger partial charge in [0.2, 0.25) is 0 Å². The fraction of sp³-hybridized carbons (Fsp3) is 0.667. The molecule has 2 atom stereocenters. The number of carboxylic acids is 1. The van der Waals surface area contributed by atoms with E-state index in [0.717, 1.165) is 0 Å². The minimum atomic E-state index is -0.971. The molecule has 2 aliphatic heterocycles. The number of likely N-dealkylation sites (N-methyl/N-ethyl adjacent to an activating group) is 2. The van der Waals surface area contributed by atoms with Crippen molar-refractivity contribution in [3.63, 3.8) is 0 Å². The van der Waals surface area contributed by atoms with Crippen LogP contribution in [0.15, 0.2) is 0 Å². The molecule has 4 amide bonds. The number of nitrogens with one attached hydrogen (secondary N) is 1. The van der Waals surface area contributed by atoms with E-state index in [2.05, 4.69) is 5.32 Å². The van der Waals surface area contributed by atoms with Crippen molar-refractivity contribution >= 4 is 18.0 Å². The summed E-state index contributed by atoms with van der Waals surface area (Å²) in [4.78, 5) is 38.1. The number of aliphatic carboxylic acids is 1. The number of carbonyl (C=O) groups excluding carboxylic acids is 2. The lowest BCUT2D eigenvalue weighted by molar-refractivity contribution is -0.137. The van der Waals surface area contributed by atoms with E-state index in [9.17, 15) is 14.4 Å². The Morgan fingerprint density at radius 1 is 1.35 bits per heavy atom. The summed E-state index contributed by atoms with van der Waals surface area (Å²) < 4.78 is 0. The van der Waals surface area contributed by atoms with Gasteiger partial charge in [0.05, 0.1) is 6.42 Å². The molecule has 2 rings (SSSR count). The molecule has 0 saturated carbocycles. The Bertz CT molecular complexity index is 385. The van der Waals surface area contributed by atoms with Crippen LogP contribution in [0.25, 0.3) is 0 Å². The van der Waals surface area contributed by atoms with Gasteiger partial charge in [-0.3, -0.25) is 9.69 Å². The monoisotopic (exact) mass is 242 g/mol.